The fourth-order valence-electron chi connectivity index (χ4n) is 0.883. The van der Waals surface area contributed by atoms with Crippen LogP contribution in [0.5, 0.6) is 0 Å². The molecular formula is C5H6N6. The standard InChI is InChI=1S/C5H6N6/c1-11-2-7-3-4(6)8-10-9-5(3)11/h2H,1H3,(H2,6,8,9). The number of hydrogen-bond acceptors (Lipinski definition) is 5. The first-order chi connectivity index (χ1) is 5.29. The summed E-state index contributed by atoms with van der Waals surface area (Å²) in [6.45, 7) is 0. The lowest BCUT2D eigenvalue weighted by Crippen LogP contribution is -1.98. The van der Waals surface area contributed by atoms with Gasteiger partial charge in [0.15, 0.2) is 17.0 Å². The Bertz CT molecular complexity index is 391. The number of nitrogens with zero attached hydrogens (tertiary/aromatic N) is 5. The molecule has 56 valence electrons. The SMILES string of the molecule is Cn1cnc2c(N)nnnc21. The van der Waals surface area contributed by atoms with E-state index in [1.54, 1.807) is 10.9 Å². The topological polar surface area (TPSA) is 82.5 Å². The molecule has 11 heavy (non-hydrogen) atoms. The van der Waals surface area contributed by atoms with Gasteiger partial charge in [-0.05, 0) is 5.21 Å². The zero-order valence-corrected chi connectivity index (χ0v) is 5.89. The average molecular weight is 150 g/mol. The van der Waals surface area contributed by atoms with Crippen molar-refractivity contribution >= 4 is 17.0 Å². The highest BCUT2D eigenvalue weighted by molar-refractivity contribution is 5.80. The minimum absolute atomic E-state index is 0.315. The number of aryl methyl sites for hydroxylation is 1. The van der Waals surface area contributed by atoms with Crippen LogP contribution in [0.25, 0.3) is 11.2 Å². The van der Waals surface area contributed by atoms with Gasteiger partial charge in [0.2, 0.25) is 0 Å². The number of aromatic nitrogens is 5. The second-order valence-corrected chi connectivity index (χ2v) is 2.20. The Kier molecular flexibility index (Phi) is 1.03. The monoisotopic (exact) mass is 150 g/mol. The molecule has 0 saturated carbocycles. The molecule has 2 heterocycles. The van der Waals surface area contributed by atoms with Crippen molar-refractivity contribution in [2.24, 2.45) is 7.05 Å². The van der Waals surface area contributed by atoms with E-state index in [0.29, 0.717) is 17.0 Å². The van der Waals surface area contributed by atoms with Crippen molar-refractivity contribution in [3.05, 3.63) is 6.33 Å². The Labute approximate surface area is 62.1 Å². The smallest absolute Gasteiger partial charge is 0.187 e. The van der Waals surface area contributed by atoms with Crippen LogP contribution >= 0.6 is 0 Å². The normalized spacial score (nSPS) is 10.6. The van der Waals surface area contributed by atoms with Gasteiger partial charge in [-0.15, -0.1) is 10.2 Å². The molecule has 2 rings (SSSR count). The van der Waals surface area contributed by atoms with Gasteiger partial charge in [0.05, 0.1) is 6.33 Å². The van der Waals surface area contributed by atoms with Crippen molar-refractivity contribution in [3.8, 4) is 0 Å². The molecule has 2 aromatic rings. The number of anilines is 1. The van der Waals surface area contributed by atoms with Crippen LogP contribution in [-0.2, 0) is 7.05 Å². The Morgan fingerprint density at radius 2 is 2.27 bits per heavy atom. The summed E-state index contributed by atoms with van der Waals surface area (Å²) >= 11 is 0. The minimum Gasteiger partial charge on any atom is -0.380 e. The fourth-order valence-corrected chi connectivity index (χ4v) is 0.883. The van der Waals surface area contributed by atoms with Gasteiger partial charge >= 0.3 is 0 Å². The molecule has 0 aliphatic carbocycles. The lowest BCUT2D eigenvalue weighted by molar-refractivity contribution is 0.854. The molecule has 0 aliphatic heterocycles. The van der Waals surface area contributed by atoms with Gasteiger partial charge in [-0.2, -0.15) is 0 Å². The quantitative estimate of drug-likeness (QED) is 0.539. The summed E-state index contributed by atoms with van der Waals surface area (Å²) in [7, 11) is 1.82. The molecule has 0 amide bonds. The van der Waals surface area contributed by atoms with Crippen LogP contribution in [0.2, 0.25) is 0 Å². The predicted octanol–water partition coefficient (Wildman–Crippen LogP) is -0.660. The molecule has 6 heteroatoms. The van der Waals surface area contributed by atoms with Gasteiger partial charge in [0.1, 0.15) is 0 Å². The lowest BCUT2D eigenvalue weighted by Gasteiger charge is -1.91. The maximum Gasteiger partial charge on any atom is 0.187 e. The van der Waals surface area contributed by atoms with E-state index in [1.807, 2.05) is 7.05 Å². The number of imidazole rings is 1. The van der Waals surface area contributed by atoms with E-state index >= 15 is 0 Å². The zero-order chi connectivity index (χ0) is 7.84. The molecule has 6 nitrogen and oxygen atoms in total. The second kappa shape index (κ2) is 1.88. The number of nitrogen functional groups attached to an aromatic ring is 1. The number of hydrogen-bond donors (Lipinski definition) is 1. The van der Waals surface area contributed by atoms with E-state index in [-0.39, 0.29) is 0 Å². The third-order valence-corrected chi connectivity index (χ3v) is 1.44. The molecule has 0 fully saturated rings. The summed E-state index contributed by atoms with van der Waals surface area (Å²) in [4.78, 5) is 3.99. The van der Waals surface area contributed by atoms with Crippen LogP contribution in [0.1, 0.15) is 0 Å². The van der Waals surface area contributed by atoms with Gasteiger partial charge < -0.3 is 10.3 Å². The summed E-state index contributed by atoms with van der Waals surface area (Å²) in [6, 6.07) is 0. The maximum atomic E-state index is 5.48. The van der Waals surface area contributed by atoms with Crippen LogP contribution in [-0.4, -0.2) is 25.0 Å². The number of rotatable bonds is 0. The summed E-state index contributed by atoms with van der Waals surface area (Å²) in [5.41, 5.74) is 6.73. The van der Waals surface area contributed by atoms with Gasteiger partial charge in [-0.3, -0.25) is 0 Å². The van der Waals surface area contributed by atoms with Crippen LogP contribution in [0.4, 0.5) is 5.82 Å². The number of fused-ring (bicyclic) bond motifs is 1. The van der Waals surface area contributed by atoms with Crippen molar-refractivity contribution in [2.45, 2.75) is 0 Å². The van der Waals surface area contributed by atoms with Gasteiger partial charge in [0, 0.05) is 7.05 Å². The summed E-state index contributed by atoms with van der Waals surface area (Å²) in [6.07, 6.45) is 1.62. The van der Waals surface area contributed by atoms with E-state index in [1.165, 1.54) is 0 Å². The zero-order valence-electron chi connectivity index (χ0n) is 5.89. The van der Waals surface area contributed by atoms with Crippen molar-refractivity contribution in [1.82, 2.24) is 25.0 Å². The third-order valence-electron chi connectivity index (χ3n) is 1.44. The fraction of sp³-hybridized carbons (Fsp3) is 0.200. The minimum atomic E-state index is 0.315. The molecule has 0 unspecified atom stereocenters. The van der Waals surface area contributed by atoms with E-state index < -0.39 is 0 Å². The molecule has 2 aromatic heterocycles. The molecule has 0 aromatic carbocycles. The van der Waals surface area contributed by atoms with E-state index in [4.69, 9.17) is 5.73 Å². The molecule has 0 atom stereocenters. The van der Waals surface area contributed by atoms with E-state index in [0.717, 1.165) is 0 Å². The van der Waals surface area contributed by atoms with E-state index in [9.17, 15) is 0 Å². The Morgan fingerprint density at radius 3 is 3.00 bits per heavy atom. The van der Waals surface area contributed by atoms with E-state index in [2.05, 4.69) is 20.4 Å². The molecule has 0 spiro atoms. The molecular weight excluding hydrogens is 144 g/mol. The Morgan fingerprint density at radius 1 is 1.45 bits per heavy atom. The second-order valence-electron chi connectivity index (χ2n) is 2.20. The van der Waals surface area contributed by atoms with Gasteiger partial charge in [-0.1, -0.05) is 0 Å². The van der Waals surface area contributed by atoms with Crippen LogP contribution in [0, 0.1) is 0 Å². The summed E-state index contributed by atoms with van der Waals surface area (Å²) < 4.78 is 1.74. The summed E-state index contributed by atoms with van der Waals surface area (Å²) in [5, 5.41) is 10.8. The van der Waals surface area contributed by atoms with Crippen molar-refractivity contribution in [3.63, 3.8) is 0 Å². The van der Waals surface area contributed by atoms with Crippen LogP contribution in [0.3, 0.4) is 0 Å². The molecule has 0 radical (unpaired) electrons. The molecule has 0 aliphatic rings. The highest BCUT2D eigenvalue weighted by Gasteiger charge is 2.04. The first kappa shape index (κ1) is 6.02. The molecule has 2 N–H and O–H groups in total. The average Bonchev–Trinajstić information content (AvgIpc) is 2.35. The van der Waals surface area contributed by atoms with Gasteiger partial charge in [0.25, 0.3) is 0 Å². The predicted molar refractivity (Wildman–Crippen MR) is 38.5 cm³/mol. The van der Waals surface area contributed by atoms with Crippen molar-refractivity contribution < 1.29 is 0 Å². The lowest BCUT2D eigenvalue weighted by atomic mass is 10.5. The summed E-state index contributed by atoms with van der Waals surface area (Å²) in [5.74, 6) is 0.315. The largest absolute Gasteiger partial charge is 0.380 e. The highest BCUT2D eigenvalue weighted by Crippen LogP contribution is 2.10. The Hall–Kier alpha value is -1.72. The number of nitrogens with two attached hydrogens (primary N) is 1. The first-order valence-electron chi connectivity index (χ1n) is 3.05. The van der Waals surface area contributed by atoms with Crippen LogP contribution < -0.4 is 5.73 Å². The van der Waals surface area contributed by atoms with Crippen LogP contribution in [0.15, 0.2) is 6.33 Å². The first-order valence-corrected chi connectivity index (χ1v) is 3.05. The molecule has 0 saturated heterocycles. The third kappa shape index (κ3) is 0.721. The van der Waals surface area contributed by atoms with Gasteiger partial charge in [-0.25, -0.2) is 4.98 Å². The Balaban J connectivity index is 2.94. The maximum absolute atomic E-state index is 5.48. The molecule has 0 bridgehead atoms. The highest BCUT2D eigenvalue weighted by atomic mass is 15.3. The van der Waals surface area contributed by atoms with Crippen molar-refractivity contribution in [1.29, 1.82) is 0 Å². The van der Waals surface area contributed by atoms with Crippen molar-refractivity contribution in [2.75, 3.05) is 5.73 Å².